The first kappa shape index (κ1) is 43.8. The van der Waals surface area contributed by atoms with E-state index in [1.807, 2.05) is 12.1 Å². The Bertz CT molecular complexity index is 2770. The van der Waals surface area contributed by atoms with Crippen molar-refractivity contribution in [2.24, 2.45) is 0 Å². The SMILES string of the molecule is CCS(=O)(=O)n1cc(-c2nc(Nc3ccc(N4CCN(C(=O)CCCCC(=O)Nc5cccc6c5CN(C5CCC(=O)NC5=O)C6=O)CC4)cc3)ncc2C(F)(F)F)c2ccccc21. The van der Waals surface area contributed by atoms with Crippen LogP contribution in [0.5, 0.6) is 0 Å². The smallest absolute Gasteiger partial charge is 0.368 e. The highest BCUT2D eigenvalue weighted by atomic mass is 32.2. The van der Waals surface area contributed by atoms with E-state index in [9.17, 15) is 45.6 Å². The highest BCUT2D eigenvalue weighted by molar-refractivity contribution is 7.90. The second-order valence-electron chi connectivity index (χ2n) is 15.7. The molecule has 5 heterocycles. The average Bonchev–Trinajstić information content (AvgIpc) is 3.84. The van der Waals surface area contributed by atoms with Crippen LogP contribution in [-0.2, 0) is 41.9 Å². The van der Waals surface area contributed by atoms with E-state index in [0.717, 1.165) is 9.66 Å². The fourth-order valence-electron chi connectivity index (χ4n) is 8.30. The largest absolute Gasteiger partial charge is 0.419 e. The monoisotopic (exact) mass is 899 g/mol. The van der Waals surface area contributed by atoms with Crippen LogP contribution in [0.4, 0.5) is 36.2 Å². The van der Waals surface area contributed by atoms with E-state index in [1.165, 1.54) is 24.1 Å². The second kappa shape index (κ2) is 17.7. The van der Waals surface area contributed by atoms with Crippen LogP contribution in [-0.4, -0.2) is 99.7 Å². The summed E-state index contributed by atoms with van der Waals surface area (Å²) < 4.78 is 69.5. The standard InChI is InChI=1S/C44H44F3N9O7S/c1-2-64(62,63)56-26-32(29-8-3-4-11-35(29)56)40-33(44(45,46)47)24-48-43(52-40)49-27-14-16-28(17-15-27)53-20-22-54(23-21-53)39(59)13-6-5-12-37(57)50-34-10-7-9-30-31(34)25-55(42(30)61)36-18-19-38(58)51-41(36)60/h3-4,7-11,14-17,24,26,36H,2,5-6,12-13,18-23,25H2,1H3,(H,50,57)(H,48,49,52)(H,51,58,60). The third-order valence-electron chi connectivity index (χ3n) is 11.7. The van der Waals surface area contributed by atoms with Crippen molar-refractivity contribution in [3.8, 4) is 11.3 Å². The summed E-state index contributed by atoms with van der Waals surface area (Å²) >= 11 is 0. The molecule has 5 aromatic rings. The van der Waals surface area contributed by atoms with Crippen molar-refractivity contribution in [3.63, 3.8) is 0 Å². The van der Waals surface area contributed by atoms with Crippen molar-refractivity contribution < 1.29 is 45.6 Å². The van der Waals surface area contributed by atoms with Gasteiger partial charge in [-0.1, -0.05) is 24.3 Å². The second-order valence-corrected chi connectivity index (χ2v) is 17.9. The molecule has 16 nitrogen and oxygen atoms in total. The van der Waals surface area contributed by atoms with Gasteiger partial charge in [0.1, 0.15) is 11.6 Å². The first-order valence-electron chi connectivity index (χ1n) is 20.9. The Balaban J connectivity index is 0.818. The molecule has 3 aliphatic rings. The number of halogens is 3. The number of piperidine rings is 1. The van der Waals surface area contributed by atoms with Crippen LogP contribution < -0.4 is 20.9 Å². The van der Waals surface area contributed by atoms with Crippen LogP contribution in [0, 0.1) is 0 Å². The number of nitrogens with one attached hydrogen (secondary N) is 3. The van der Waals surface area contributed by atoms with E-state index in [0.29, 0.717) is 67.7 Å². The molecule has 0 saturated carbocycles. The maximum Gasteiger partial charge on any atom is 0.419 e. The van der Waals surface area contributed by atoms with Crippen molar-refractivity contribution in [1.29, 1.82) is 0 Å². The summed E-state index contributed by atoms with van der Waals surface area (Å²) in [5.74, 6) is -1.86. The van der Waals surface area contributed by atoms with Gasteiger partial charge in [0, 0.05) is 104 Å². The molecule has 64 heavy (non-hydrogen) atoms. The van der Waals surface area contributed by atoms with Gasteiger partial charge < -0.3 is 25.3 Å². The predicted molar refractivity (Wildman–Crippen MR) is 231 cm³/mol. The van der Waals surface area contributed by atoms with Crippen molar-refractivity contribution in [3.05, 3.63) is 95.8 Å². The van der Waals surface area contributed by atoms with Crippen molar-refractivity contribution >= 4 is 73.5 Å². The van der Waals surface area contributed by atoms with E-state index in [2.05, 4.69) is 30.8 Å². The molecular formula is C44H44F3N9O7S. The number of unbranched alkanes of at least 4 members (excludes halogenated alkanes) is 1. The molecule has 8 rings (SSSR count). The van der Waals surface area contributed by atoms with Crippen molar-refractivity contribution in [1.82, 2.24) is 29.1 Å². The van der Waals surface area contributed by atoms with Crippen LogP contribution in [0.1, 0.15) is 66.9 Å². The number of amides is 5. The number of imide groups is 1. The Morgan fingerprint density at radius 3 is 2.36 bits per heavy atom. The average molecular weight is 900 g/mol. The number of piperazine rings is 1. The van der Waals surface area contributed by atoms with Gasteiger partial charge in [-0.2, -0.15) is 13.2 Å². The molecule has 5 amide bonds. The molecule has 0 radical (unpaired) electrons. The molecule has 2 fully saturated rings. The van der Waals surface area contributed by atoms with Crippen LogP contribution in [0.25, 0.3) is 22.2 Å². The third-order valence-corrected chi connectivity index (χ3v) is 13.3. The van der Waals surface area contributed by atoms with Gasteiger partial charge in [-0.25, -0.2) is 22.4 Å². The summed E-state index contributed by atoms with van der Waals surface area (Å²) in [5.41, 5.74) is 1.53. The zero-order valence-corrected chi connectivity index (χ0v) is 35.5. The maximum atomic E-state index is 14.3. The maximum absolute atomic E-state index is 14.3. The fourth-order valence-corrected chi connectivity index (χ4v) is 9.30. The minimum atomic E-state index is -4.82. The fraction of sp³-hybridized carbons (Fsp3) is 0.341. The molecular weight excluding hydrogens is 856 g/mol. The highest BCUT2D eigenvalue weighted by Crippen LogP contribution is 2.40. The number of alkyl halides is 3. The van der Waals surface area contributed by atoms with Gasteiger partial charge in [0.25, 0.3) is 5.91 Å². The van der Waals surface area contributed by atoms with Gasteiger partial charge in [-0.15, -0.1) is 0 Å². The molecule has 3 aliphatic heterocycles. The Morgan fingerprint density at radius 2 is 1.64 bits per heavy atom. The highest BCUT2D eigenvalue weighted by Gasteiger charge is 2.40. The summed E-state index contributed by atoms with van der Waals surface area (Å²) in [4.78, 5) is 76.7. The van der Waals surface area contributed by atoms with Gasteiger partial charge in [0.05, 0.1) is 17.0 Å². The van der Waals surface area contributed by atoms with Crippen LogP contribution in [0.3, 0.4) is 0 Å². The number of hydrogen-bond acceptors (Lipinski definition) is 11. The lowest BCUT2D eigenvalue weighted by Crippen LogP contribution is -2.52. The topological polar surface area (TPSA) is 196 Å². The molecule has 20 heteroatoms. The zero-order chi connectivity index (χ0) is 45.3. The van der Waals surface area contributed by atoms with Gasteiger partial charge in [0.15, 0.2) is 0 Å². The molecule has 2 aromatic heterocycles. The molecule has 2 saturated heterocycles. The lowest BCUT2D eigenvalue weighted by atomic mass is 10.0. The number of rotatable bonds is 13. The van der Waals surface area contributed by atoms with E-state index in [-0.39, 0.29) is 84.0 Å². The van der Waals surface area contributed by atoms with E-state index >= 15 is 0 Å². The van der Waals surface area contributed by atoms with E-state index < -0.39 is 39.4 Å². The van der Waals surface area contributed by atoms with E-state index in [4.69, 9.17) is 0 Å². The molecule has 1 unspecified atom stereocenters. The molecule has 0 bridgehead atoms. The number of carbonyl (C=O) groups excluding carboxylic acids is 5. The first-order valence-corrected chi connectivity index (χ1v) is 22.5. The zero-order valence-electron chi connectivity index (χ0n) is 34.7. The van der Waals surface area contributed by atoms with Gasteiger partial charge in [0.2, 0.25) is 39.6 Å². The molecule has 3 aromatic carbocycles. The summed E-state index contributed by atoms with van der Waals surface area (Å²) in [5, 5.41) is 8.42. The van der Waals surface area contributed by atoms with Crippen LogP contribution in [0.2, 0.25) is 0 Å². The van der Waals surface area contributed by atoms with Crippen LogP contribution in [0.15, 0.2) is 79.1 Å². The summed E-state index contributed by atoms with van der Waals surface area (Å²) in [6.45, 7) is 3.71. The summed E-state index contributed by atoms with van der Waals surface area (Å²) in [7, 11) is -3.84. The molecule has 3 N–H and O–H groups in total. The molecule has 1 atom stereocenters. The van der Waals surface area contributed by atoms with Gasteiger partial charge in [-0.3, -0.25) is 29.3 Å². The Labute approximate surface area is 365 Å². The first-order chi connectivity index (χ1) is 30.6. The third kappa shape index (κ3) is 8.99. The number of nitrogens with zero attached hydrogens (tertiary/aromatic N) is 6. The minimum absolute atomic E-state index is 0.00311. The van der Waals surface area contributed by atoms with Crippen molar-refractivity contribution in [2.45, 2.75) is 64.2 Å². The molecule has 334 valence electrons. The normalized spacial score (nSPS) is 16.8. The Kier molecular flexibility index (Phi) is 12.1. The summed E-state index contributed by atoms with van der Waals surface area (Å²) in [6.07, 6.45) is -1.17. The Morgan fingerprint density at radius 1 is 0.906 bits per heavy atom. The number of aromatic nitrogens is 3. The number of fused-ring (bicyclic) bond motifs is 2. The molecule has 0 spiro atoms. The lowest BCUT2D eigenvalue weighted by Gasteiger charge is -2.36. The molecule has 0 aliphatic carbocycles. The minimum Gasteiger partial charge on any atom is -0.368 e. The van der Waals surface area contributed by atoms with E-state index in [1.54, 1.807) is 53.4 Å². The number of para-hydroxylation sites is 1. The number of carbonyl (C=O) groups is 5. The summed E-state index contributed by atoms with van der Waals surface area (Å²) in [6, 6.07) is 17.7. The lowest BCUT2D eigenvalue weighted by molar-refractivity contribution is -0.138. The van der Waals surface area contributed by atoms with Crippen molar-refractivity contribution in [2.75, 3.05) is 47.5 Å². The predicted octanol–water partition coefficient (Wildman–Crippen LogP) is 5.67. The number of benzene rings is 3. The van der Waals surface area contributed by atoms with Crippen LogP contribution >= 0.6 is 0 Å². The van der Waals surface area contributed by atoms with Gasteiger partial charge >= 0.3 is 6.18 Å². The number of anilines is 4. The van der Waals surface area contributed by atoms with Gasteiger partial charge in [-0.05, 0) is 68.7 Å². The Hall–Kier alpha value is -6.83. The number of hydrogen-bond donors (Lipinski definition) is 3. The quantitative estimate of drug-likeness (QED) is 0.0974.